The Kier molecular flexibility index (Phi) is 24.9. The van der Waals surface area contributed by atoms with Crippen molar-refractivity contribution in [2.24, 2.45) is 95.1 Å². The molecule has 6 unspecified atom stereocenters. The zero-order chi connectivity index (χ0) is 66.7. The quantitative estimate of drug-likeness (QED) is 0.0256. The van der Waals surface area contributed by atoms with Crippen LogP contribution in [0.1, 0.15) is 160 Å². The van der Waals surface area contributed by atoms with Crippen LogP contribution in [0.5, 0.6) is 0 Å². The first-order valence-electron chi connectivity index (χ1n) is 31.5. The zero-order valence-electron chi connectivity index (χ0n) is 55.6. The molecule has 0 aromatic carbocycles. The maximum atomic E-state index is 14.4. The van der Waals surface area contributed by atoms with Gasteiger partial charge in [-0.1, -0.05) is 61.6 Å². The Bertz CT molecular complexity index is 3160. The molecule has 8 rings (SSSR count). The molecular weight excluding hydrogens is 1270 g/mol. The maximum absolute atomic E-state index is 14.4. The summed E-state index contributed by atoms with van der Waals surface area (Å²) < 4.78 is 30.9. The number of fused-ring (bicyclic) bond motifs is 7. The van der Waals surface area contributed by atoms with Gasteiger partial charge in [-0.25, -0.2) is 4.57 Å². The normalized spacial score (nSPS) is 36.0. The minimum absolute atomic E-state index is 0. The van der Waals surface area contributed by atoms with Gasteiger partial charge in [0.15, 0.2) is 0 Å². The van der Waals surface area contributed by atoms with Crippen LogP contribution in [0.15, 0.2) is 49.3 Å². The van der Waals surface area contributed by atoms with Gasteiger partial charge in [0.2, 0.25) is 29.5 Å². The monoisotopic (exact) mass is 1370 g/mol. The van der Waals surface area contributed by atoms with Crippen LogP contribution in [-0.2, 0) is 59.1 Å². The number of amides is 5. The number of phosphoric ester groups is 1. The van der Waals surface area contributed by atoms with E-state index in [-0.39, 0.29) is 126 Å². The van der Waals surface area contributed by atoms with Gasteiger partial charge in [-0.15, -0.1) is 6.04 Å². The van der Waals surface area contributed by atoms with Crippen LogP contribution < -0.4 is 43.8 Å². The number of allylic oxidation sites excluding steroid dienone is 6. The Labute approximate surface area is 556 Å². The van der Waals surface area contributed by atoms with Crippen molar-refractivity contribution < 1.29 is 89.9 Å². The van der Waals surface area contributed by atoms with Crippen LogP contribution in [0.4, 0.5) is 0 Å². The number of nitrogens with one attached hydrogen (secondary N) is 4. The van der Waals surface area contributed by atoms with Crippen molar-refractivity contribution in [1.82, 2.24) is 15.5 Å². The Hall–Kier alpha value is -5.30. The van der Waals surface area contributed by atoms with Gasteiger partial charge in [0.05, 0.1) is 24.3 Å². The summed E-state index contributed by atoms with van der Waals surface area (Å²) >= 11 is 0. The van der Waals surface area contributed by atoms with Gasteiger partial charge >= 0.3 is 7.82 Å². The van der Waals surface area contributed by atoms with Gasteiger partial charge in [-0.3, -0.25) is 52.9 Å². The summed E-state index contributed by atoms with van der Waals surface area (Å²) in [5.41, 5.74) is 22.2. The second-order valence-electron chi connectivity index (χ2n) is 28.3. The van der Waals surface area contributed by atoms with E-state index in [0.29, 0.717) is 57.2 Å². The van der Waals surface area contributed by atoms with Gasteiger partial charge in [-0.2, -0.15) is 0 Å². The molecular formula is C63H100CoN13O15P-4. The summed E-state index contributed by atoms with van der Waals surface area (Å²) in [5, 5.41) is 74.3. The summed E-state index contributed by atoms with van der Waals surface area (Å²) in [4.78, 5) is 97.9. The number of nitrogens with zero attached hydrogens (tertiary/aromatic N) is 5. The predicted octanol–water partition coefficient (Wildman–Crippen LogP) is 2.10. The summed E-state index contributed by atoms with van der Waals surface area (Å²) in [6.45, 7) is 20.0. The third-order valence-corrected chi connectivity index (χ3v) is 23.1. The van der Waals surface area contributed by atoms with Crippen molar-refractivity contribution in [1.29, 1.82) is 10.8 Å². The molecule has 30 heteroatoms. The van der Waals surface area contributed by atoms with E-state index in [1.807, 2.05) is 59.4 Å². The molecule has 0 spiro atoms. The molecule has 1 aliphatic carbocycles. The summed E-state index contributed by atoms with van der Waals surface area (Å²) in [5.74, 6) is -6.97. The first-order chi connectivity index (χ1) is 41.8. The number of aliphatic imine (C=N–C) groups is 3. The molecule has 28 nitrogen and oxygen atoms in total. The fourth-order valence-corrected chi connectivity index (χ4v) is 17.8. The van der Waals surface area contributed by atoms with Crippen LogP contribution in [0.3, 0.4) is 0 Å². The van der Waals surface area contributed by atoms with E-state index in [4.69, 9.17) is 67.8 Å². The number of carbonyl (C=O) groups excluding carboxylic acids is 5. The third-order valence-electron chi connectivity index (χ3n) is 22.0. The van der Waals surface area contributed by atoms with Crippen molar-refractivity contribution in [3.63, 3.8) is 0 Å². The molecule has 7 aliphatic heterocycles. The zero-order valence-corrected chi connectivity index (χ0v) is 57.6. The van der Waals surface area contributed by atoms with E-state index in [0.717, 1.165) is 12.8 Å². The van der Waals surface area contributed by atoms with Crippen LogP contribution in [0.25, 0.3) is 5.32 Å². The van der Waals surface area contributed by atoms with Crippen molar-refractivity contribution in [3.05, 3.63) is 47.1 Å². The fourth-order valence-electron chi connectivity index (χ4n) is 16.6. The van der Waals surface area contributed by atoms with Crippen LogP contribution in [0.2, 0.25) is 0 Å². The van der Waals surface area contributed by atoms with Gasteiger partial charge < -0.3 is 92.7 Å². The number of phosphoric acid groups is 1. The molecule has 1 radical (unpaired) electrons. The topological polar surface area (TPSA) is 499 Å². The first kappa shape index (κ1) is 78.4. The van der Waals surface area contributed by atoms with Crippen molar-refractivity contribution in [2.75, 3.05) is 19.8 Å². The predicted molar refractivity (Wildman–Crippen MR) is 341 cm³/mol. The molecule has 7 heterocycles. The average Bonchev–Trinajstić information content (AvgIpc) is 1.53. The van der Waals surface area contributed by atoms with Crippen molar-refractivity contribution >= 4 is 66.3 Å². The van der Waals surface area contributed by atoms with E-state index in [2.05, 4.69) is 24.5 Å². The number of hydrogen-bond donors (Lipinski definition) is 11. The maximum Gasteiger partial charge on any atom is 0.472 e. The van der Waals surface area contributed by atoms with Gasteiger partial charge in [-0.05, 0) is 120 Å². The smallest absolute Gasteiger partial charge is 0.472 e. The Morgan fingerprint density at radius 3 is 2.08 bits per heavy atom. The molecule has 8 bridgehead atoms. The van der Waals surface area contributed by atoms with E-state index < -0.39 is 143 Å². The van der Waals surface area contributed by atoms with Gasteiger partial charge in [0.25, 0.3) is 0 Å². The van der Waals surface area contributed by atoms with E-state index >= 15 is 0 Å². The molecule has 4 fully saturated rings. The molecule has 525 valence electrons. The number of nitrogens with two attached hydrogens (primary N) is 4. The number of aliphatic hydroxyl groups excluding tert-OH is 2. The van der Waals surface area contributed by atoms with E-state index in [1.54, 1.807) is 6.92 Å². The Morgan fingerprint density at radius 2 is 1.49 bits per heavy atom. The van der Waals surface area contributed by atoms with Gasteiger partial charge in [0, 0.05) is 135 Å². The Balaban J connectivity index is 0.00000523. The number of primary amides is 4. The van der Waals surface area contributed by atoms with Crippen LogP contribution in [0, 0.1) is 75.4 Å². The molecule has 0 aromatic heterocycles. The molecule has 0 aromatic rings. The van der Waals surface area contributed by atoms with Crippen LogP contribution >= 0.6 is 7.82 Å². The van der Waals surface area contributed by atoms with E-state index in [1.165, 1.54) is 6.92 Å². The van der Waals surface area contributed by atoms with Crippen molar-refractivity contribution in [2.45, 2.75) is 214 Å². The molecule has 1 saturated carbocycles. The molecule has 3 saturated heterocycles. The fraction of sp³-hybridized carbons (Fsp3) is 0.730. The van der Waals surface area contributed by atoms with Crippen molar-refractivity contribution in [3.8, 4) is 0 Å². The summed E-state index contributed by atoms with van der Waals surface area (Å²) in [6, 6.07) is -1.05. The third kappa shape index (κ3) is 15.3. The first-order valence-corrected chi connectivity index (χ1v) is 33.0. The summed E-state index contributed by atoms with van der Waals surface area (Å²) in [6.07, 6.45) is -4.01. The largest absolute Gasteiger partial charge is 0.862 e. The number of hydrogen-bond acceptors (Lipinski definition) is 20. The standard InChI is InChI=1S/C62H97N13O14P.CH3.Co.H2O/c1-29-20-39-40(21-30(29)2)75(28-70-39)57-52(84)53(41(27-76)87-57)89-90(85,86)88-31(3)26-69-49(83)18-19-59(8)37(22-46(66)80)56-62(11)61(10,25-48(68)82)36(14-17-45(65)79)51(74-62)33(5)55-60(9,24-47(67)81)34(12-15-43(63)77)38(71-55)23-42-58(6,7)35(13-16-44(64)78)50(72-42)32(4)54(59)73-56;;;/h23,29-31,34-37,39-41,52-53,56-57,71,76,84H,12-22,24-28H2,1-11H3,(H2,63,77)(H2,64,78)(H2,65,79)(H2,66,80)(H2,67,81)(H2,68,82)(H,69,83)(H,85,86);1H3;;1H2/q2*-1;;/p-2/t29?,30?,31-,34-,35-,36-,37+,39?,40?,41-,52?,53-,56+,57+,59-,60+,61+,62+;;;/m1.../s1. The molecule has 17 N–H and O–H groups in total. The van der Waals surface area contributed by atoms with Gasteiger partial charge in [0.1, 0.15) is 24.5 Å². The molecule has 93 heavy (non-hydrogen) atoms. The molecule has 5 amide bonds. The number of ether oxygens (including phenoxy) is 1. The average molecular weight is 1370 g/mol. The minimum atomic E-state index is -5.03. The second kappa shape index (κ2) is 29.6. The van der Waals surface area contributed by atoms with Crippen LogP contribution in [-0.4, -0.2) is 158 Å². The van der Waals surface area contributed by atoms with E-state index in [9.17, 15) is 53.9 Å². The number of aliphatic hydroxyl groups is 2. The SMILES string of the molecule is CC1=C2N=C(C=C3NC(=C(C)C4=N[C@@](C)([C@H]5N=C1[C@](C)(CCC(=O)NC[C@@H](C)OP(=O)(O)O[C@H]1C(O)[C@@H](N6C[N-]C7CC(C)C(C)CC76)O[C@@H]1CO)[C@H]5CC(N)=O)[C@@](C)(CC(N)=O)[C@@H]4CCC(N)=O)[C@@](C)(CC(N)=O)[C@@H]3CCC(=N)[O-])C(C)(C)[C@@H]2CCC(=N)[O-].O.[CH3-].[Co]. The second-order valence-corrected chi connectivity index (χ2v) is 29.7. The summed E-state index contributed by atoms with van der Waals surface area (Å²) in [7, 11) is -5.03. The Morgan fingerprint density at radius 1 is 0.892 bits per heavy atom. The molecule has 19 atom stereocenters. The minimum Gasteiger partial charge on any atom is -0.862 e. The number of carbonyl (C=O) groups is 5. The number of rotatable bonds is 26. The molecule has 8 aliphatic rings.